The Bertz CT molecular complexity index is 527. The Morgan fingerprint density at radius 1 is 1.10 bits per heavy atom. The second-order valence-corrected chi connectivity index (χ2v) is 5.97. The number of amides is 2. The molecular formula is C16H21N2O3+. The smallest absolute Gasteiger partial charge is 0.261 e. The van der Waals surface area contributed by atoms with Crippen LogP contribution in [0.2, 0.25) is 0 Å². The standard InChI is InChI=1S/C16H20N2O3/c1-11-9-17(10-12(2)21-11)7-8-18-15(19)13-5-3-4-6-14(13)16(18)20/h3-6,11-12H,7-10H2,1-2H3/p+1/t11-,12-/m0/s1. The zero-order valence-corrected chi connectivity index (χ0v) is 12.5. The Kier molecular flexibility index (Phi) is 3.78. The number of nitrogens with zero attached hydrogens (tertiary/aromatic N) is 1. The Labute approximate surface area is 124 Å². The van der Waals surface area contributed by atoms with Gasteiger partial charge in [0.05, 0.1) is 24.2 Å². The SMILES string of the molecule is C[C@H]1C[NH+](CCN2C(=O)c3ccccc3C2=O)C[C@H](C)O1. The number of morpholine rings is 1. The second kappa shape index (κ2) is 5.58. The summed E-state index contributed by atoms with van der Waals surface area (Å²) in [5.74, 6) is -0.325. The lowest BCUT2D eigenvalue weighted by Crippen LogP contribution is -3.16. The van der Waals surface area contributed by atoms with Gasteiger partial charge in [-0.2, -0.15) is 0 Å². The van der Waals surface area contributed by atoms with E-state index in [2.05, 4.69) is 13.8 Å². The van der Waals surface area contributed by atoms with Crippen molar-refractivity contribution in [3.8, 4) is 0 Å². The van der Waals surface area contributed by atoms with E-state index in [1.807, 2.05) is 0 Å². The number of imide groups is 1. The summed E-state index contributed by atoms with van der Waals surface area (Å²) in [6, 6.07) is 7.04. The first-order chi connectivity index (χ1) is 10.1. The number of benzene rings is 1. The molecule has 1 aromatic carbocycles. The Morgan fingerprint density at radius 2 is 1.62 bits per heavy atom. The quantitative estimate of drug-likeness (QED) is 0.795. The summed E-state index contributed by atoms with van der Waals surface area (Å²) in [6.07, 6.45) is 0.455. The molecule has 2 aliphatic heterocycles. The minimum atomic E-state index is -0.163. The van der Waals surface area contributed by atoms with E-state index in [9.17, 15) is 9.59 Å². The maximum Gasteiger partial charge on any atom is 0.261 e. The van der Waals surface area contributed by atoms with E-state index in [1.165, 1.54) is 9.80 Å². The summed E-state index contributed by atoms with van der Waals surface area (Å²) in [6.45, 7) is 7.24. The molecule has 1 fully saturated rings. The maximum atomic E-state index is 12.3. The first-order valence-corrected chi connectivity index (χ1v) is 7.50. The zero-order valence-electron chi connectivity index (χ0n) is 12.5. The molecule has 2 atom stereocenters. The number of hydrogen-bond acceptors (Lipinski definition) is 3. The fourth-order valence-electron chi connectivity index (χ4n) is 3.31. The molecule has 5 nitrogen and oxygen atoms in total. The summed E-state index contributed by atoms with van der Waals surface area (Å²) in [5, 5.41) is 0. The molecule has 0 spiro atoms. The highest BCUT2D eigenvalue weighted by atomic mass is 16.5. The number of carbonyl (C=O) groups excluding carboxylic acids is 2. The average molecular weight is 289 g/mol. The number of ether oxygens (including phenoxy) is 1. The lowest BCUT2D eigenvalue weighted by atomic mass is 10.1. The molecule has 3 rings (SSSR count). The lowest BCUT2D eigenvalue weighted by molar-refractivity contribution is -0.914. The van der Waals surface area contributed by atoms with Crippen LogP contribution in [0.25, 0.3) is 0 Å². The van der Waals surface area contributed by atoms with Gasteiger partial charge in [-0.05, 0) is 26.0 Å². The van der Waals surface area contributed by atoms with Crippen molar-refractivity contribution in [2.24, 2.45) is 0 Å². The van der Waals surface area contributed by atoms with Gasteiger partial charge in [0.1, 0.15) is 25.3 Å². The fourth-order valence-corrected chi connectivity index (χ4v) is 3.31. The molecule has 1 aromatic rings. The predicted octanol–water partition coefficient (Wildman–Crippen LogP) is -0.0253. The van der Waals surface area contributed by atoms with Crippen molar-refractivity contribution < 1.29 is 19.2 Å². The first-order valence-electron chi connectivity index (χ1n) is 7.50. The molecule has 2 amide bonds. The van der Waals surface area contributed by atoms with Crippen LogP contribution in [0.1, 0.15) is 34.6 Å². The van der Waals surface area contributed by atoms with Gasteiger partial charge in [0.15, 0.2) is 0 Å². The van der Waals surface area contributed by atoms with Crippen LogP contribution < -0.4 is 4.90 Å². The number of rotatable bonds is 3. The van der Waals surface area contributed by atoms with E-state index in [4.69, 9.17) is 4.74 Å². The topological polar surface area (TPSA) is 51.0 Å². The molecule has 0 aliphatic carbocycles. The highest BCUT2D eigenvalue weighted by molar-refractivity contribution is 6.21. The third-order valence-corrected chi connectivity index (χ3v) is 4.18. The van der Waals surface area contributed by atoms with Crippen LogP contribution in [0.3, 0.4) is 0 Å². The third kappa shape index (κ3) is 2.71. The molecular weight excluding hydrogens is 268 g/mol. The number of hydrogen-bond donors (Lipinski definition) is 1. The molecule has 21 heavy (non-hydrogen) atoms. The van der Waals surface area contributed by atoms with Crippen molar-refractivity contribution in [2.45, 2.75) is 26.1 Å². The minimum absolute atomic E-state index is 0.163. The average Bonchev–Trinajstić information content (AvgIpc) is 2.69. The van der Waals surface area contributed by atoms with E-state index in [0.717, 1.165) is 19.6 Å². The van der Waals surface area contributed by atoms with Crippen molar-refractivity contribution in [3.63, 3.8) is 0 Å². The molecule has 1 saturated heterocycles. The number of nitrogens with one attached hydrogen (secondary N) is 1. The van der Waals surface area contributed by atoms with Crippen molar-refractivity contribution in [2.75, 3.05) is 26.2 Å². The van der Waals surface area contributed by atoms with Crippen molar-refractivity contribution in [3.05, 3.63) is 35.4 Å². The minimum Gasteiger partial charge on any atom is -0.364 e. The van der Waals surface area contributed by atoms with Gasteiger partial charge in [0.25, 0.3) is 11.8 Å². The van der Waals surface area contributed by atoms with Crippen LogP contribution in [-0.2, 0) is 4.74 Å². The van der Waals surface area contributed by atoms with E-state index in [0.29, 0.717) is 17.7 Å². The summed E-state index contributed by atoms with van der Waals surface area (Å²) in [7, 11) is 0. The van der Waals surface area contributed by atoms with Gasteiger partial charge in [-0.3, -0.25) is 14.5 Å². The van der Waals surface area contributed by atoms with Gasteiger partial charge in [0, 0.05) is 0 Å². The zero-order chi connectivity index (χ0) is 15.0. The fraction of sp³-hybridized carbons (Fsp3) is 0.500. The molecule has 0 aromatic heterocycles. The van der Waals surface area contributed by atoms with Gasteiger partial charge in [-0.15, -0.1) is 0 Å². The molecule has 2 aliphatic rings. The van der Waals surface area contributed by atoms with Crippen LogP contribution in [0.15, 0.2) is 24.3 Å². The van der Waals surface area contributed by atoms with Gasteiger partial charge < -0.3 is 9.64 Å². The second-order valence-electron chi connectivity index (χ2n) is 5.97. The molecule has 0 saturated carbocycles. The molecule has 1 N–H and O–H groups in total. The van der Waals surface area contributed by atoms with Crippen LogP contribution in [-0.4, -0.2) is 55.1 Å². The van der Waals surface area contributed by atoms with Gasteiger partial charge >= 0.3 is 0 Å². The molecule has 2 heterocycles. The Balaban J connectivity index is 1.64. The van der Waals surface area contributed by atoms with Crippen LogP contribution in [0.5, 0.6) is 0 Å². The Morgan fingerprint density at radius 3 is 2.14 bits per heavy atom. The highest BCUT2D eigenvalue weighted by Crippen LogP contribution is 2.21. The van der Waals surface area contributed by atoms with Crippen LogP contribution >= 0.6 is 0 Å². The van der Waals surface area contributed by atoms with Crippen molar-refractivity contribution >= 4 is 11.8 Å². The Hall–Kier alpha value is -1.72. The highest BCUT2D eigenvalue weighted by Gasteiger charge is 2.36. The number of fused-ring (bicyclic) bond motifs is 1. The maximum absolute atomic E-state index is 12.3. The van der Waals surface area contributed by atoms with E-state index in [1.54, 1.807) is 24.3 Å². The first kappa shape index (κ1) is 14.2. The van der Waals surface area contributed by atoms with Crippen LogP contribution in [0.4, 0.5) is 0 Å². The monoisotopic (exact) mass is 289 g/mol. The third-order valence-electron chi connectivity index (χ3n) is 4.18. The number of carbonyl (C=O) groups is 2. The van der Waals surface area contributed by atoms with Crippen LogP contribution in [0, 0.1) is 0 Å². The molecule has 5 heteroatoms. The summed E-state index contributed by atoms with van der Waals surface area (Å²) in [4.78, 5) is 27.3. The van der Waals surface area contributed by atoms with Gasteiger partial charge in [-0.25, -0.2) is 0 Å². The lowest BCUT2D eigenvalue weighted by Gasteiger charge is -2.33. The number of quaternary nitrogens is 1. The summed E-state index contributed by atoms with van der Waals surface area (Å²) >= 11 is 0. The van der Waals surface area contributed by atoms with E-state index >= 15 is 0 Å². The molecule has 0 bridgehead atoms. The largest absolute Gasteiger partial charge is 0.364 e. The normalized spacial score (nSPS) is 28.9. The van der Waals surface area contributed by atoms with E-state index < -0.39 is 0 Å². The van der Waals surface area contributed by atoms with Crippen molar-refractivity contribution in [1.82, 2.24) is 4.90 Å². The summed E-state index contributed by atoms with van der Waals surface area (Å²) < 4.78 is 5.71. The predicted molar refractivity (Wildman–Crippen MR) is 77.4 cm³/mol. The van der Waals surface area contributed by atoms with E-state index in [-0.39, 0.29) is 24.0 Å². The van der Waals surface area contributed by atoms with Crippen molar-refractivity contribution in [1.29, 1.82) is 0 Å². The molecule has 112 valence electrons. The van der Waals surface area contributed by atoms with Gasteiger partial charge in [-0.1, -0.05) is 12.1 Å². The summed E-state index contributed by atoms with van der Waals surface area (Å²) in [5.41, 5.74) is 1.06. The molecule has 0 radical (unpaired) electrons. The molecule has 0 unspecified atom stereocenters. The van der Waals surface area contributed by atoms with Gasteiger partial charge in [0.2, 0.25) is 0 Å².